The van der Waals surface area contributed by atoms with Crippen molar-refractivity contribution in [2.45, 2.75) is 30.3 Å². The Morgan fingerprint density at radius 2 is 1.77 bits per heavy atom. The Kier molecular flexibility index (Phi) is 7.55. The van der Waals surface area contributed by atoms with Crippen molar-refractivity contribution in [3.63, 3.8) is 0 Å². The SMILES string of the molecule is CNCc1cc(N2CCC(N3CCOCC3)CC2)ccc1Oc1ccc(SC)cc1. The van der Waals surface area contributed by atoms with Crippen LogP contribution in [0.3, 0.4) is 0 Å². The van der Waals surface area contributed by atoms with Gasteiger partial charge in [-0.2, -0.15) is 0 Å². The third-order valence-corrected chi connectivity index (χ3v) is 6.83. The highest BCUT2D eigenvalue weighted by Gasteiger charge is 2.26. The number of rotatable bonds is 7. The van der Waals surface area contributed by atoms with Crippen LogP contribution in [0.4, 0.5) is 5.69 Å². The summed E-state index contributed by atoms with van der Waals surface area (Å²) >= 11 is 1.74. The van der Waals surface area contributed by atoms with Gasteiger partial charge in [0.1, 0.15) is 11.5 Å². The highest BCUT2D eigenvalue weighted by atomic mass is 32.2. The van der Waals surface area contributed by atoms with Gasteiger partial charge in [0.05, 0.1) is 13.2 Å². The molecule has 2 aromatic carbocycles. The van der Waals surface area contributed by atoms with Crippen molar-refractivity contribution in [2.75, 3.05) is 57.6 Å². The fourth-order valence-corrected chi connectivity index (χ4v) is 4.80. The zero-order valence-corrected chi connectivity index (χ0v) is 18.9. The van der Waals surface area contributed by atoms with Gasteiger partial charge in [-0.15, -0.1) is 11.8 Å². The first kappa shape index (κ1) is 21.5. The minimum absolute atomic E-state index is 0.703. The maximum absolute atomic E-state index is 6.21. The Hall–Kier alpha value is -1.73. The third kappa shape index (κ3) is 5.30. The number of benzene rings is 2. The number of nitrogens with zero attached hydrogens (tertiary/aromatic N) is 2. The van der Waals surface area contributed by atoms with Gasteiger partial charge in [0.2, 0.25) is 0 Å². The van der Waals surface area contributed by atoms with Crippen LogP contribution in [-0.2, 0) is 11.3 Å². The molecule has 30 heavy (non-hydrogen) atoms. The number of morpholine rings is 1. The molecule has 2 aliphatic heterocycles. The molecule has 0 unspecified atom stereocenters. The standard InChI is InChI=1S/C24H33N3O2S/c1-25-18-19-17-21(3-8-24(19)29-22-4-6-23(30-2)7-5-22)26-11-9-20(10-12-26)27-13-15-28-16-14-27/h3-8,17,20,25H,9-16,18H2,1-2H3. The minimum atomic E-state index is 0.703. The molecule has 0 saturated carbocycles. The zero-order chi connectivity index (χ0) is 20.8. The average Bonchev–Trinajstić information content (AvgIpc) is 2.81. The van der Waals surface area contributed by atoms with E-state index in [4.69, 9.17) is 9.47 Å². The van der Waals surface area contributed by atoms with Crippen LogP contribution in [0.25, 0.3) is 0 Å². The van der Waals surface area contributed by atoms with Crippen LogP contribution in [0.5, 0.6) is 11.5 Å². The molecule has 0 spiro atoms. The molecule has 162 valence electrons. The van der Waals surface area contributed by atoms with Crippen molar-refractivity contribution in [1.29, 1.82) is 0 Å². The fraction of sp³-hybridized carbons (Fsp3) is 0.500. The monoisotopic (exact) mass is 427 g/mol. The molecule has 4 rings (SSSR count). The van der Waals surface area contributed by atoms with E-state index in [0.29, 0.717) is 6.04 Å². The van der Waals surface area contributed by atoms with E-state index in [9.17, 15) is 0 Å². The Morgan fingerprint density at radius 3 is 2.43 bits per heavy atom. The molecule has 0 amide bonds. The van der Waals surface area contributed by atoms with E-state index in [0.717, 1.165) is 57.4 Å². The molecule has 0 aromatic heterocycles. The Balaban J connectivity index is 1.42. The third-order valence-electron chi connectivity index (χ3n) is 6.09. The van der Waals surface area contributed by atoms with Crippen molar-refractivity contribution in [1.82, 2.24) is 10.2 Å². The second kappa shape index (κ2) is 10.5. The molecular formula is C24H33N3O2S. The summed E-state index contributed by atoms with van der Waals surface area (Å²) in [4.78, 5) is 6.38. The topological polar surface area (TPSA) is 37.0 Å². The van der Waals surface area contributed by atoms with Gasteiger partial charge < -0.3 is 19.7 Å². The quantitative estimate of drug-likeness (QED) is 0.667. The molecule has 0 bridgehead atoms. The molecule has 0 aliphatic carbocycles. The smallest absolute Gasteiger partial charge is 0.132 e. The Bertz CT molecular complexity index is 801. The summed E-state index contributed by atoms with van der Waals surface area (Å²) in [6.45, 7) is 6.94. The first-order valence-corrected chi connectivity index (χ1v) is 12.2. The van der Waals surface area contributed by atoms with Crippen molar-refractivity contribution in [3.05, 3.63) is 48.0 Å². The van der Waals surface area contributed by atoms with E-state index < -0.39 is 0 Å². The van der Waals surface area contributed by atoms with Crippen LogP contribution in [-0.4, -0.2) is 63.6 Å². The summed E-state index contributed by atoms with van der Waals surface area (Å²) in [5.74, 6) is 1.80. The van der Waals surface area contributed by atoms with Gasteiger partial charge in [-0.1, -0.05) is 0 Å². The van der Waals surface area contributed by atoms with E-state index in [1.807, 2.05) is 19.2 Å². The van der Waals surface area contributed by atoms with E-state index >= 15 is 0 Å². The number of ether oxygens (including phenoxy) is 2. The van der Waals surface area contributed by atoms with E-state index in [-0.39, 0.29) is 0 Å². The fourth-order valence-electron chi connectivity index (χ4n) is 4.39. The van der Waals surface area contributed by atoms with E-state index in [2.05, 4.69) is 51.7 Å². The van der Waals surface area contributed by atoms with Crippen molar-refractivity contribution in [3.8, 4) is 11.5 Å². The lowest BCUT2D eigenvalue weighted by Gasteiger charge is -2.41. The first-order valence-electron chi connectivity index (χ1n) is 10.9. The maximum Gasteiger partial charge on any atom is 0.132 e. The molecule has 2 aromatic rings. The molecule has 2 heterocycles. The predicted molar refractivity (Wildman–Crippen MR) is 125 cm³/mol. The zero-order valence-electron chi connectivity index (χ0n) is 18.1. The maximum atomic E-state index is 6.21. The second-order valence-electron chi connectivity index (χ2n) is 7.97. The molecule has 6 heteroatoms. The number of hydrogen-bond acceptors (Lipinski definition) is 6. The normalized spacial score (nSPS) is 18.5. The number of piperidine rings is 1. The van der Waals surface area contributed by atoms with Crippen LogP contribution in [0.15, 0.2) is 47.4 Å². The summed E-state index contributed by atoms with van der Waals surface area (Å²) in [5, 5.41) is 3.29. The summed E-state index contributed by atoms with van der Waals surface area (Å²) < 4.78 is 11.7. The van der Waals surface area contributed by atoms with Crippen LogP contribution < -0.4 is 15.0 Å². The Morgan fingerprint density at radius 1 is 1.03 bits per heavy atom. The summed E-state index contributed by atoms with van der Waals surface area (Å²) in [6.07, 6.45) is 4.53. The number of anilines is 1. The van der Waals surface area contributed by atoms with Gasteiger partial charge in [0.25, 0.3) is 0 Å². The number of thioether (sulfide) groups is 1. The highest BCUT2D eigenvalue weighted by Crippen LogP contribution is 2.32. The summed E-state index contributed by atoms with van der Waals surface area (Å²) in [6, 6.07) is 15.6. The minimum Gasteiger partial charge on any atom is -0.457 e. The van der Waals surface area contributed by atoms with Gasteiger partial charge in [0.15, 0.2) is 0 Å². The number of nitrogens with one attached hydrogen (secondary N) is 1. The lowest BCUT2D eigenvalue weighted by Crippen LogP contribution is -2.49. The van der Waals surface area contributed by atoms with Gasteiger partial charge in [0, 0.05) is 54.9 Å². The molecule has 2 fully saturated rings. The van der Waals surface area contributed by atoms with Gasteiger partial charge in [-0.05, 0) is 68.6 Å². The van der Waals surface area contributed by atoms with Crippen LogP contribution in [0, 0.1) is 0 Å². The van der Waals surface area contributed by atoms with Crippen molar-refractivity contribution in [2.24, 2.45) is 0 Å². The molecule has 2 aliphatic rings. The number of hydrogen-bond donors (Lipinski definition) is 1. The van der Waals surface area contributed by atoms with Crippen molar-refractivity contribution >= 4 is 17.4 Å². The first-order chi connectivity index (χ1) is 14.8. The molecule has 5 nitrogen and oxygen atoms in total. The predicted octanol–water partition coefficient (Wildman–Crippen LogP) is 4.22. The molecule has 1 N–H and O–H groups in total. The van der Waals surface area contributed by atoms with Gasteiger partial charge in [-0.3, -0.25) is 4.90 Å². The molecule has 2 saturated heterocycles. The van der Waals surface area contributed by atoms with Crippen molar-refractivity contribution < 1.29 is 9.47 Å². The van der Waals surface area contributed by atoms with E-state index in [1.54, 1.807) is 11.8 Å². The van der Waals surface area contributed by atoms with Crippen LogP contribution >= 0.6 is 11.8 Å². The lowest BCUT2D eigenvalue weighted by molar-refractivity contribution is 0.0115. The summed E-state index contributed by atoms with van der Waals surface area (Å²) in [5.41, 5.74) is 2.49. The highest BCUT2D eigenvalue weighted by molar-refractivity contribution is 7.98. The van der Waals surface area contributed by atoms with E-state index in [1.165, 1.54) is 29.0 Å². The second-order valence-corrected chi connectivity index (χ2v) is 8.85. The van der Waals surface area contributed by atoms with Crippen LogP contribution in [0.2, 0.25) is 0 Å². The molecule has 0 radical (unpaired) electrons. The van der Waals surface area contributed by atoms with Gasteiger partial charge >= 0.3 is 0 Å². The lowest BCUT2D eigenvalue weighted by atomic mass is 10.0. The molecular weight excluding hydrogens is 394 g/mol. The largest absolute Gasteiger partial charge is 0.457 e. The van der Waals surface area contributed by atoms with Crippen LogP contribution in [0.1, 0.15) is 18.4 Å². The Labute approximate surface area is 184 Å². The summed E-state index contributed by atoms with van der Waals surface area (Å²) in [7, 11) is 1.98. The average molecular weight is 428 g/mol. The van der Waals surface area contributed by atoms with Gasteiger partial charge in [-0.25, -0.2) is 0 Å². The molecule has 0 atom stereocenters.